The lowest BCUT2D eigenvalue weighted by molar-refractivity contribution is -0.140. The molecule has 3 aromatic carbocycles. The summed E-state index contributed by atoms with van der Waals surface area (Å²) >= 11 is 6.06. The van der Waals surface area contributed by atoms with Crippen LogP contribution in [0.4, 0.5) is 5.69 Å². The number of hydrogen-bond donors (Lipinski definition) is 1. The Kier molecular flexibility index (Phi) is 10.2. The Balaban J connectivity index is 2.08. The van der Waals surface area contributed by atoms with Gasteiger partial charge in [0.25, 0.3) is 10.0 Å². The topological polar surface area (TPSA) is 86.8 Å². The number of carbonyl (C=O) groups is 2. The molecule has 0 aliphatic carbocycles. The molecule has 0 unspecified atom stereocenters. The van der Waals surface area contributed by atoms with Crippen LogP contribution in [0, 0.1) is 13.8 Å². The van der Waals surface area contributed by atoms with E-state index in [0.29, 0.717) is 17.1 Å². The van der Waals surface area contributed by atoms with Crippen LogP contribution in [0.15, 0.2) is 77.7 Å². The molecule has 208 valence electrons. The van der Waals surface area contributed by atoms with E-state index >= 15 is 0 Å². The first-order valence-electron chi connectivity index (χ1n) is 12.9. The van der Waals surface area contributed by atoms with Crippen LogP contribution < -0.4 is 9.62 Å². The number of nitrogens with zero attached hydrogens (tertiary/aromatic N) is 2. The molecule has 39 heavy (non-hydrogen) atoms. The van der Waals surface area contributed by atoms with Crippen LogP contribution in [0.1, 0.15) is 43.9 Å². The van der Waals surface area contributed by atoms with Gasteiger partial charge in [-0.15, -0.1) is 0 Å². The lowest BCUT2D eigenvalue weighted by Gasteiger charge is -2.33. The number of hydrogen-bond acceptors (Lipinski definition) is 4. The molecular weight excluding hydrogens is 534 g/mol. The average Bonchev–Trinajstić information content (AvgIpc) is 2.87. The molecule has 1 N–H and O–H groups in total. The van der Waals surface area contributed by atoms with E-state index in [2.05, 4.69) is 5.32 Å². The summed E-state index contributed by atoms with van der Waals surface area (Å²) in [5.74, 6) is -0.784. The van der Waals surface area contributed by atoms with E-state index in [9.17, 15) is 18.0 Å². The highest BCUT2D eigenvalue weighted by Crippen LogP contribution is 2.27. The largest absolute Gasteiger partial charge is 0.352 e. The average molecular weight is 570 g/mol. The predicted octanol–water partition coefficient (Wildman–Crippen LogP) is 5.48. The molecule has 0 aliphatic heterocycles. The molecule has 0 aliphatic rings. The van der Waals surface area contributed by atoms with Crippen molar-refractivity contribution in [1.82, 2.24) is 10.2 Å². The van der Waals surface area contributed by atoms with Crippen molar-refractivity contribution >= 4 is 39.1 Å². The molecule has 0 bridgehead atoms. The van der Waals surface area contributed by atoms with Crippen LogP contribution in [-0.4, -0.2) is 43.8 Å². The molecule has 0 aromatic heterocycles. The van der Waals surface area contributed by atoms with E-state index in [-0.39, 0.29) is 23.4 Å². The van der Waals surface area contributed by atoms with Crippen LogP contribution in [0.2, 0.25) is 5.02 Å². The lowest BCUT2D eigenvalue weighted by Crippen LogP contribution is -2.53. The number of amides is 2. The Morgan fingerprint density at radius 2 is 1.51 bits per heavy atom. The van der Waals surface area contributed by atoms with Gasteiger partial charge in [0.05, 0.1) is 10.6 Å². The number of anilines is 1. The summed E-state index contributed by atoms with van der Waals surface area (Å²) in [5, 5.41) is 3.45. The van der Waals surface area contributed by atoms with Gasteiger partial charge in [0, 0.05) is 17.6 Å². The van der Waals surface area contributed by atoms with Gasteiger partial charge in [0.1, 0.15) is 12.6 Å². The number of carbonyl (C=O) groups excluding carboxylic acids is 2. The van der Waals surface area contributed by atoms with Crippen LogP contribution >= 0.6 is 11.6 Å². The van der Waals surface area contributed by atoms with Crippen molar-refractivity contribution in [3.63, 3.8) is 0 Å². The Hall–Kier alpha value is -3.36. The summed E-state index contributed by atoms with van der Waals surface area (Å²) < 4.78 is 28.9. The molecular formula is C30H36ClN3O4S. The van der Waals surface area contributed by atoms with E-state index < -0.39 is 28.5 Å². The molecule has 0 saturated heterocycles. The number of rotatable bonds is 11. The molecule has 0 heterocycles. The molecule has 3 aromatic rings. The maximum Gasteiger partial charge on any atom is 0.264 e. The Morgan fingerprint density at radius 1 is 0.923 bits per heavy atom. The minimum Gasteiger partial charge on any atom is -0.352 e. The molecule has 0 saturated carbocycles. The van der Waals surface area contributed by atoms with Crippen LogP contribution in [0.25, 0.3) is 0 Å². The van der Waals surface area contributed by atoms with Gasteiger partial charge in [-0.3, -0.25) is 13.9 Å². The highest BCUT2D eigenvalue weighted by atomic mass is 35.5. The van der Waals surface area contributed by atoms with E-state index in [0.717, 1.165) is 21.0 Å². The molecule has 2 amide bonds. The molecule has 9 heteroatoms. The third kappa shape index (κ3) is 7.83. The first-order chi connectivity index (χ1) is 18.4. The van der Waals surface area contributed by atoms with E-state index in [1.165, 1.54) is 17.0 Å². The van der Waals surface area contributed by atoms with Crippen molar-refractivity contribution in [2.45, 2.75) is 64.6 Å². The zero-order chi connectivity index (χ0) is 28.7. The standard InChI is InChI=1S/C30H36ClN3O4S/c1-6-28(30(36)32-21(2)3)33(19-24-12-14-25(31)15-13-24)29(35)20-34(26-17-22(4)16-23(5)18-26)39(37,38)27-10-8-7-9-11-27/h7-18,21,28H,6,19-20H2,1-5H3,(H,32,36)/t28-/m1/s1. The highest BCUT2D eigenvalue weighted by Gasteiger charge is 2.34. The SMILES string of the molecule is CC[C@H](C(=O)NC(C)C)N(Cc1ccc(Cl)cc1)C(=O)CN(c1cc(C)cc(C)c1)S(=O)(=O)c1ccccc1. The van der Waals surface area contributed by atoms with E-state index in [1.807, 2.05) is 40.7 Å². The van der Waals surface area contributed by atoms with Crippen LogP contribution in [0.3, 0.4) is 0 Å². The van der Waals surface area contributed by atoms with Gasteiger partial charge < -0.3 is 10.2 Å². The minimum absolute atomic E-state index is 0.0748. The van der Waals surface area contributed by atoms with Crippen LogP contribution in [-0.2, 0) is 26.2 Å². The smallest absolute Gasteiger partial charge is 0.264 e. The minimum atomic E-state index is -4.10. The quantitative estimate of drug-likeness (QED) is 0.331. The number of halogens is 1. The molecule has 1 atom stereocenters. The second-order valence-corrected chi connectivity index (χ2v) is 12.2. The van der Waals surface area contributed by atoms with Crippen molar-refractivity contribution in [1.29, 1.82) is 0 Å². The van der Waals surface area contributed by atoms with Gasteiger partial charge in [0.2, 0.25) is 11.8 Å². The molecule has 3 rings (SSSR count). The number of nitrogens with one attached hydrogen (secondary N) is 1. The summed E-state index contributed by atoms with van der Waals surface area (Å²) in [5.41, 5.74) is 2.89. The number of sulfonamides is 1. The molecule has 7 nitrogen and oxygen atoms in total. The van der Waals surface area contributed by atoms with E-state index in [4.69, 9.17) is 11.6 Å². The summed E-state index contributed by atoms with van der Waals surface area (Å²) in [4.78, 5) is 28.8. The van der Waals surface area contributed by atoms with Gasteiger partial charge in [-0.25, -0.2) is 8.42 Å². The summed E-state index contributed by atoms with van der Waals surface area (Å²) in [7, 11) is -4.10. The Labute approximate surface area is 236 Å². The fourth-order valence-corrected chi connectivity index (χ4v) is 5.97. The predicted molar refractivity (Wildman–Crippen MR) is 156 cm³/mol. The zero-order valence-electron chi connectivity index (χ0n) is 23.0. The van der Waals surface area contributed by atoms with Gasteiger partial charge >= 0.3 is 0 Å². The summed E-state index contributed by atoms with van der Waals surface area (Å²) in [6.45, 7) is 8.93. The second-order valence-electron chi connectivity index (χ2n) is 9.91. The van der Waals surface area contributed by atoms with Gasteiger partial charge in [-0.1, -0.05) is 54.9 Å². The van der Waals surface area contributed by atoms with Crippen molar-refractivity contribution in [3.05, 3.63) is 94.5 Å². The zero-order valence-corrected chi connectivity index (χ0v) is 24.6. The normalized spacial score (nSPS) is 12.2. The first-order valence-corrected chi connectivity index (χ1v) is 14.7. The lowest BCUT2D eigenvalue weighted by atomic mass is 10.1. The second kappa shape index (κ2) is 13.1. The fraction of sp³-hybridized carbons (Fsp3) is 0.333. The number of benzene rings is 3. The van der Waals surface area contributed by atoms with Crippen molar-refractivity contribution < 1.29 is 18.0 Å². The third-order valence-electron chi connectivity index (χ3n) is 6.19. The third-order valence-corrected chi connectivity index (χ3v) is 8.23. The Bertz CT molecular complexity index is 1370. The molecule has 0 radical (unpaired) electrons. The maximum absolute atomic E-state index is 14.1. The van der Waals surface area contributed by atoms with Gasteiger partial charge in [-0.2, -0.15) is 0 Å². The Morgan fingerprint density at radius 3 is 2.05 bits per heavy atom. The van der Waals surface area contributed by atoms with Crippen LogP contribution in [0.5, 0.6) is 0 Å². The van der Waals surface area contributed by atoms with Crippen molar-refractivity contribution in [2.24, 2.45) is 0 Å². The highest BCUT2D eigenvalue weighted by molar-refractivity contribution is 7.92. The molecule has 0 fully saturated rings. The summed E-state index contributed by atoms with van der Waals surface area (Å²) in [6.07, 6.45) is 0.354. The summed E-state index contributed by atoms with van der Waals surface area (Å²) in [6, 6.07) is 19.6. The number of aryl methyl sites for hydroxylation is 2. The fourth-order valence-electron chi connectivity index (χ4n) is 4.43. The van der Waals surface area contributed by atoms with Crippen molar-refractivity contribution in [3.8, 4) is 0 Å². The maximum atomic E-state index is 14.1. The van der Waals surface area contributed by atoms with Gasteiger partial charge in [-0.05, 0) is 87.2 Å². The van der Waals surface area contributed by atoms with Crippen molar-refractivity contribution in [2.75, 3.05) is 10.8 Å². The van der Waals surface area contributed by atoms with E-state index in [1.54, 1.807) is 54.6 Å². The molecule has 0 spiro atoms. The van der Waals surface area contributed by atoms with Gasteiger partial charge in [0.15, 0.2) is 0 Å². The monoisotopic (exact) mass is 569 g/mol. The first kappa shape index (κ1) is 30.2.